The molecule has 0 saturated carbocycles. The van der Waals surface area contributed by atoms with E-state index in [0.29, 0.717) is 0 Å². The first kappa shape index (κ1) is 10.2. The van der Waals surface area contributed by atoms with Crippen LogP contribution in [0.25, 0.3) is 0 Å². The van der Waals surface area contributed by atoms with E-state index in [1.165, 1.54) is 18.2 Å². The Balaban J connectivity index is 2.95. The summed E-state index contributed by atoms with van der Waals surface area (Å²) in [7, 11) is 0. The highest BCUT2D eigenvalue weighted by atomic mass is 16.5. The molecule has 0 bridgehead atoms. The summed E-state index contributed by atoms with van der Waals surface area (Å²) in [6, 6.07) is 5.87. The minimum absolute atomic E-state index is 0.0272. The lowest BCUT2D eigenvalue weighted by Crippen LogP contribution is -2.23. The van der Waals surface area contributed by atoms with Crippen molar-refractivity contribution in [3.63, 3.8) is 0 Å². The van der Waals surface area contributed by atoms with Gasteiger partial charge in [-0.3, -0.25) is 4.79 Å². The summed E-state index contributed by atoms with van der Waals surface area (Å²) < 4.78 is 4.80. The van der Waals surface area contributed by atoms with Crippen LogP contribution in [0.1, 0.15) is 23.7 Å². The number of carboxylic acids is 1. The zero-order chi connectivity index (χ0) is 10.6. The number of hydrogen-bond acceptors (Lipinski definition) is 4. The number of carboxylic acid groups (broad SMARTS) is 1. The number of carbonyl (C=O) groups is 2. The van der Waals surface area contributed by atoms with Gasteiger partial charge in [0.2, 0.25) is 0 Å². The van der Waals surface area contributed by atoms with Gasteiger partial charge in [-0.15, -0.1) is 0 Å². The molecule has 0 N–H and O–H groups in total. The summed E-state index contributed by atoms with van der Waals surface area (Å²) in [4.78, 5) is 21.5. The van der Waals surface area contributed by atoms with Gasteiger partial charge in [-0.05, 0) is 12.1 Å². The van der Waals surface area contributed by atoms with Gasteiger partial charge in [0, 0.05) is 12.0 Å². The van der Waals surface area contributed by atoms with E-state index in [1.54, 1.807) is 13.0 Å². The summed E-state index contributed by atoms with van der Waals surface area (Å²) in [6.45, 7) is 1.63. The molecule has 0 fully saturated rings. The van der Waals surface area contributed by atoms with Crippen LogP contribution in [-0.4, -0.2) is 11.9 Å². The second-order valence-corrected chi connectivity index (χ2v) is 2.61. The third kappa shape index (κ3) is 2.32. The number of hydrogen-bond donors (Lipinski definition) is 0. The predicted octanol–water partition coefficient (Wildman–Crippen LogP) is 0.365. The van der Waals surface area contributed by atoms with Crippen LogP contribution in [0.2, 0.25) is 0 Å². The standard InChI is InChI=1S/C10H10O4/c1-2-9(11)14-8-6-4-3-5-7(8)10(12)13/h3-6H,2H2,1H3,(H,12,13)/p-1. The van der Waals surface area contributed by atoms with Gasteiger partial charge in [0.1, 0.15) is 5.75 Å². The third-order valence-corrected chi connectivity index (χ3v) is 1.62. The molecule has 0 atom stereocenters. The van der Waals surface area contributed by atoms with Crippen molar-refractivity contribution in [1.82, 2.24) is 0 Å². The Morgan fingerprint density at radius 3 is 2.57 bits per heavy atom. The van der Waals surface area contributed by atoms with Crippen LogP contribution in [0.15, 0.2) is 24.3 Å². The Bertz CT molecular complexity index is 357. The third-order valence-electron chi connectivity index (χ3n) is 1.62. The average Bonchev–Trinajstić information content (AvgIpc) is 2.18. The summed E-state index contributed by atoms with van der Waals surface area (Å²) in [5, 5.41) is 10.6. The highest BCUT2D eigenvalue weighted by molar-refractivity contribution is 5.90. The van der Waals surface area contributed by atoms with Gasteiger partial charge < -0.3 is 14.6 Å². The first-order valence-corrected chi connectivity index (χ1v) is 4.16. The van der Waals surface area contributed by atoms with E-state index in [9.17, 15) is 14.7 Å². The second-order valence-electron chi connectivity index (χ2n) is 2.61. The highest BCUT2D eigenvalue weighted by Crippen LogP contribution is 2.17. The maximum absolute atomic E-state index is 10.9. The van der Waals surface area contributed by atoms with Crippen molar-refractivity contribution in [2.24, 2.45) is 0 Å². The molecular weight excluding hydrogens is 184 g/mol. The highest BCUT2D eigenvalue weighted by Gasteiger charge is 2.07. The van der Waals surface area contributed by atoms with Gasteiger partial charge in [0.25, 0.3) is 0 Å². The number of ether oxygens (including phenoxy) is 1. The second kappa shape index (κ2) is 4.41. The molecule has 0 radical (unpaired) electrons. The maximum atomic E-state index is 10.9. The quantitative estimate of drug-likeness (QED) is 0.513. The van der Waals surface area contributed by atoms with Crippen LogP contribution in [0.4, 0.5) is 0 Å². The van der Waals surface area contributed by atoms with Crippen LogP contribution in [0.3, 0.4) is 0 Å². The Morgan fingerprint density at radius 1 is 1.36 bits per heavy atom. The van der Waals surface area contributed by atoms with Gasteiger partial charge in [-0.1, -0.05) is 19.1 Å². The van der Waals surface area contributed by atoms with Crippen molar-refractivity contribution < 1.29 is 19.4 Å². The average molecular weight is 193 g/mol. The van der Waals surface area contributed by atoms with Gasteiger partial charge in [-0.25, -0.2) is 0 Å². The molecule has 0 saturated heterocycles. The van der Waals surface area contributed by atoms with Crippen molar-refractivity contribution in [2.75, 3.05) is 0 Å². The fourth-order valence-electron chi connectivity index (χ4n) is 0.919. The number of esters is 1. The summed E-state index contributed by atoms with van der Waals surface area (Å²) in [5.41, 5.74) is -0.116. The van der Waals surface area contributed by atoms with Crippen molar-refractivity contribution in [3.05, 3.63) is 29.8 Å². The van der Waals surface area contributed by atoms with Crippen LogP contribution in [0, 0.1) is 0 Å². The van der Waals surface area contributed by atoms with E-state index in [0.717, 1.165) is 0 Å². The molecule has 0 amide bonds. The van der Waals surface area contributed by atoms with Crippen molar-refractivity contribution >= 4 is 11.9 Å². The predicted molar refractivity (Wildman–Crippen MR) is 46.7 cm³/mol. The number of carbonyl (C=O) groups excluding carboxylic acids is 2. The van der Waals surface area contributed by atoms with E-state index in [2.05, 4.69) is 0 Å². The number of aromatic carboxylic acids is 1. The fraction of sp³-hybridized carbons (Fsp3) is 0.200. The molecule has 0 aromatic heterocycles. The van der Waals surface area contributed by atoms with E-state index < -0.39 is 11.9 Å². The molecule has 0 unspecified atom stereocenters. The lowest BCUT2D eigenvalue weighted by Gasteiger charge is -2.09. The topological polar surface area (TPSA) is 66.4 Å². The smallest absolute Gasteiger partial charge is 0.310 e. The number of para-hydroxylation sites is 1. The number of rotatable bonds is 3. The Labute approximate surface area is 81.1 Å². The van der Waals surface area contributed by atoms with E-state index in [1.807, 2.05) is 0 Å². The maximum Gasteiger partial charge on any atom is 0.310 e. The molecule has 4 heteroatoms. The fourth-order valence-corrected chi connectivity index (χ4v) is 0.919. The molecule has 0 aliphatic rings. The molecule has 0 aliphatic heterocycles. The Kier molecular flexibility index (Phi) is 3.23. The molecule has 0 aliphatic carbocycles. The zero-order valence-corrected chi connectivity index (χ0v) is 7.65. The van der Waals surface area contributed by atoms with Crippen molar-refractivity contribution in [2.45, 2.75) is 13.3 Å². The molecule has 74 valence electrons. The first-order valence-electron chi connectivity index (χ1n) is 4.16. The van der Waals surface area contributed by atoms with Gasteiger partial charge in [-0.2, -0.15) is 0 Å². The van der Waals surface area contributed by atoms with E-state index >= 15 is 0 Å². The summed E-state index contributed by atoms with van der Waals surface area (Å²) in [6.07, 6.45) is 0.196. The van der Waals surface area contributed by atoms with Gasteiger partial charge in [0.15, 0.2) is 0 Å². The molecule has 1 rings (SSSR count). The Morgan fingerprint density at radius 2 is 2.00 bits per heavy atom. The SMILES string of the molecule is CCC(=O)Oc1ccccc1C(=O)[O-]. The lowest BCUT2D eigenvalue weighted by molar-refractivity contribution is -0.255. The summed E-state index contributed by atoms with van der Waals surface area (Å²) >= 11 is 0. The molecule has 1 aromatic rings. The van der Waals surface area contributed by atoms with E-state index in [-0.39, 0.29) is 17.7 Å². The van der Waals surface area contributed by atoms with Crippen molar-refractivity contribution in [1.29, 1.82) is 0 Å². The molecule has 1 aromatic carbocycles. The van der Waals surface area contributed by atoms with Crippen molar-refractivity contribution in [3.8, 4) is 5.75 Å². The molecule has 14 heavy (non-hydrogen) atoms. The lowest BCUT2D eigenvalue weighted by atomic mass is 10.2. The molecule has 4 nitrogen and oxygen atoms in total. The minimum atomic E-state index is -1.36. The minimum Gasteiger partial charge on any atom is -0.545 e. The van der Waals surface area contributed by atoms with Crippen LogP contribution < -0.4 is 9.84 Å². The van der Waals surface area contributed by atoms with Gasteiger partial charge >= 0.3 is 5.97 Å². The largest absolute Gasteiger partial charge is 0.545 e. The molecular formula is C10H9O4-. The zero-order valence-electron chi connectivity index (χ0n) is 7.65. The van der Waals surface area contributed by atoms with E-state index in [4.69, 9.17) is 4.74 Å². The van der Waals surface area contributed by atoms with Crippen LogP contribution >= 0.6 is 0 Å². The van der Waals surface area contributed by atoms with Gasteiger partial charge in [0.05, 0.1) is 5.97 Å². The summed E-state index contributed by atoms with van der Waals surface area (Å²) in [5.74, 6) is -1.80. The Hall–Kier alpha value is -1.84. The monoisotopic (exact) mass is 193 g/mol. The number of benzene rings is 1. The molecule has 0 spiro atoms. The van der Waals surface area contributed by atoms with Crippen LogP contribution in [0.5, 0.6) is 5.75 Å². The normalized spacial score (nSPS) is 9.50. The molecule has 0 heterocycles. The van der Waals surface area contributed by atoms with Crippen LogP contribution in [-0.2, 0) is 4.79 Å². The first-order chi connectivity index (χ1) is 6.65.